The first-order chi connectivity index (χ1) is 4.20. The predicted molar refractivity (Wildman–Crippen MR) is 25.6 cm³/mol. The van der Waals surface area contributed by atoms with Gasteiger partial charge in [-0.1, -0.05) is 0 Å². The van der Waals surface area contributed by atoms with E-state index in [0.29, 0.717) is 5.76 Å². The van der Waals surface area contributed by atoms with E-state index in [1.807, 2.05) is 0 Å². The normalized spacial score (nSPS) is 28.3. The smallest absolute Gasteiger partial charge is 0.316 e. The summed E-state index contributed by atoms with van der Waals surface area (Å²) in [5, 5.41) is 17.3. The molecule has 1 atom stereocenters. The van der Waals surface area contributed by atoms with E-state index in [-0.39, 0.29) is 5.23 Å². The van der Waals surface area contributed by atoms with Crippen molar-refractivity contribution in [2.24, 2.45) is 0 Å². The third-order valence-corrected chi connectivity index (χ3v) is 0.807. The summed E-state index contributed by atoms with van der Waals surface area (Å²) < 4.78 is 4.57. The number of hydrogen-bond acceptors (Lipinski definition) is 5. The second-order valence-corrected chi connectivity index (χ2v) is 1.58. The van der Waals surface area contributed by atoms with E-state index in [2.05, 4.69) is 9.57 Å². The van der Waals surface area contributed by atoms with E-state index in [9.17, 15) is 0 Å². The molecule has 0 radical (unpaired) electrons. The summed E-state index contributed by atoms with van der Waals surface area (Å²) in [4.78, 5) is 4.35. The van der Waals surface area contributed by atoms with Crippen LogP contribution in [0.5, 0.6) is 0 Å². The van der Waals surface area contributed by atoms with Crippen molar-refractivity contribution in [3.05, 3.63) is 12.0 Å². The van der Waals surface area contributed by atoms with Crippen LogP contribution in [0.3, 0.4) is 0 Å². The van der Waals surface area contributed by atoms with Crippen molar-refractivity contribution in [1.29, 1.82) is 0 Å². The molecular weight excluding hydrogens is 126 g/mol. The van der Waals surface area contributed by atoms with Crippen molar-refractivity contribution in [1.82, 2.24) is 5.23 Å². The molecule has 5 nitrogen and oxygen atoms in total. The summed E-state index contributed by atoms with van der Waals surface area (Å²) in [6.07, 6.45) is -0.248. The van der Waals surface area contributed by atoms with Crippen LogP contribution < -0.4 is 0 Å². The van der Waals surface area contributed by atoms with Gasteiger partial charge in [-0.3, -0.25) is 5.21 Å². The fourth-order valence-electron chi connectivity index (χ4n) is 0.419. The van der Waals surface area contributed by atoms with Crippen LogP contribution >= 0.6 is 0 Å². The van der Waals surface area contributed by atoms with E-state index in [4.69, 9.17) is 10.3 Å². The van der Waals surface area contributed by atoms with Gasteiger partial charge in [-0.05, 0) is 6.92 Å². The predicted octanol–water partition coefficient (Wildman–Crippen LogP) is -0.223. The Balaban J connectivity index is 2.54. The Hall–Kier alpha value is -0.780. The quantitative estimate of drug-likeness (QED) is 0.478. The summed E-state index contributed by atoms with van der Waals surface area (Å²) in [6.45, 7) is 1.59. The highest BCUT2D eigenvalue weighted by molar-refractivity contribution is 4.82. The Kier molecular flexibility index (Phi) is 1.56. The zero-order chi connectivity index (χ0) is 6.85. The zero-order valence-electron chi connectivity index (χ0n) is 4.81. The number of aliphatic hydroxyl groups excluding tert-OH is 1. The number of ether oxygens (including phenoxy) is 1. The number of allylic oxidation sites excluding steroid dienone is 1. The van der Waals surface area contributed by atoms with Gasteiger partial charge in [0.05, 0.1) is 0 Å². The second-order valence-electron chi connectivity index (χ2n) is 1.58. The highest BCUT2D eigenvalue weighted by Crippen LogP contribution is 2.09. The first kappa shape index (κ1) is 6.34. The van der Waals surface area contributed by atoms with E-state index in [1.54, 1.807) is 6.92 Å². The van der Waals surface area contributed by atoms with Gasteiger partial charge in [0.15, 0.2) is 6.26 Å². The van der Waals surface area contributed by atoms with Gasteiger partial charge in [0, 0.05) is 5.23 Å². The van der Waals surface area contributed by atoms with Gasteiger partial charge in [0.2, 0.25) is 0 Å². The molecule has 52 valence electrons. The maximum atomic E-state index is 8.64. The van der Waals surface area contributed by atoms with Crippen LogP contribution in [-0.4, -0.2) is 22.0 Å². The fourth-order valence-corrected chi connectivity index (χ4v) is 0.419. The molecule has 0 aliphatic carbocycles. The first-order valence-corrected chi connectivity index (χ1v) is 2.36. The Morgan fingerprint density at radius 1 is 1.78 bits per heavy atom. The molecule has 0 saturated heterocycles. The highest BCUT2D eigenvalue weighted by atomic mass is 16.9. The summed E-state index contributed by atoms with van der Waals surface area (Å²) in [5.74, 6) is 0.410. The minimum atomic E-state index is -1.42. The zero-order valence-corrected chi connectivity index (χ0v) is 4.81. The maximum Gasteiger partial charge on any atom is 0.316 e. The Bertz CT molecular complexity index is 135. The van der Waals surface area contributed by atoms with Crippen molar-refractivity contribution >= 4 is 0 Å². The minimum Gasteiger partial charge on any atom is -0.448 e. The van der Waals surface area contributed by atoms with E-state index < -0.39 is 6.41 Å². The van der Waals surface area contributed by atoms with Gasteiger partial charge in [0.1, 0.15) is 5.76 Å². The lowest BCUT2D eigenvalue weighted by Crippen LogP contribution is -2.35. The number of aliphatic hydroxyl groups is 1. The number of nitrogens with zero attached hydrogens (tertiary/aromatic N) is 1. The second kappa shape index (κ2) is 2.22. The standard InChI is InChI=1S/C4H7NO4/c1-3-2-8-5(7)4(6)9-3/h2,4,6-7H,1H3. The van der Waals surface area contributed by atoms with Crippen LogP contribution in [0.25, 0.3) is 0 Å². The average Bonchev–Trinajstić information content (AvgIpc) is 1.80. The van der Waals surface area contributed by atoms with Gasteiger partial charge in [-0.15, -0.1) is 0 Å². The number of rotatable bonds is 0. The molecule has 1 aliphatic rings. The minimum absolute atomic E-state index is 0.201. The Morgan fingerprint density at radius 3 is 2.89 bits per heavy atom. The highest BCUT2D eigenvalue weighted by Gasteiger charge is 2.19. The van der Waals surface area contributed by atoms with Crippen LogP contribution in [0.1, 0.15) is 6.92 Å². The summed E-state index contributed by atoms with van der Waals surface area (Å²) >= 11 is 0. The molecule has 0 saturated carbocycles. The van der Waals surface area contributed by atoms with E-state index in [1.165, 1.54) is 6.26 Å². The van der Waals surface area contributed by atoms with E-state index in [0.717, 1.165) is 0 Å². The van der Waals surface area contributed by atoms with Crippen molar-refractivity contribution in [2.45, 2.75) is 13.3 Å². The molecule has 0 aromatic heterocycles. The lowest BCUT2D eigenvalue weighted by Gasteiger charge is -2.23. The third-order valence-electron chi connectivity index (χ3n) is 0.807. The lowest BCUT2D eigenvalue weighted by molar-refractivity contribution is -0.435. The SMILES string of the molecule is CC1=CON(O)C(O)O1. The van der Waals surface area contributed by atoms with Crippen LogP contribution in [0.2, 0.25) is 0 Å². The summed E-state index contributed by atoms with van der Waals surface area (Å²) in [7, 11) is 0. The van der Waals surface area contributed by atoms with Crippen molar-refractivity contribution in [3.8, 4) is 0 Å². The first-order valence-electron chi connectivity index (χ1n) is 2.36. The van der Waals surface area contributed by atoms with Crippen molar-refractivity contribution in [2.75, 3.05) is 0 Å². The van der Waals surface area contributed by atoms with Crippen LogP contribution in [0, 0.1) is 0 Å². The molecule has 0 aromatic rings. The molecule has 1 heterocycles. The van der Waals surface area contributed by atoms with Crippen molar-refractivity contribution in [3.63, 3.8) is 0 Å². The monoisotopic (exact) mass is 133 g/mol. The van der Waals surface area contributed by atoms with Crippen LogP contribution in [-0.2, 0) is 9.57 Å². The lowest BCUT2D eigenvalue weighted by atomic mass is 10.6. The molecule has 1 unspecified atom stereocenters. The van der Waals surface area contributed by atoms with Gasteiger partial charge in [0.25, 0.3) is 0 Å². The van der Waals surface area contributed by atoms with Crippen molar-refractivity contribution < 1.29 is 19.9 Å². The molecule has 9 heavy (non-hydrogen) atoms. The molecule has 5 heteroatoms. The number of hydroxylamine groups is 2. The molecule has 1 rings (SSSR count). The molecule has 0 spiro atoms. The van der Waals surface area contributed by atoms with Gasteiger partial charge in [-0.25, -0.2) is 0 Å². The van der Waals surface area contributed by atoms with Gasteiger partial charge >= 0.3 is 6.41 Å². The number of hydrogen-bond donors (Lipinski definition) is 2. The average molecular weight is 133 g/mol. The van der Waals surface area contributed by atoms with Crippen LogP contribution in [0.4, 0.5) is 0 Å². The fraction of sp³-hybridized carbons (Fsp3) is 0.500. The maximum absolute atomic E-state index is 8.64. The summed E-state index contributed by atoms with van der Waals surface area (Å²) in [5.41, 5.74) is 0. The largest absolute Gasteiger partial charge is 0.448 e. The van der Waals surface area contributed by atoms with Gasteiger partial charge < -0.3 is 14.7 Å². The molecule has 0 bridgehead atoms. The van der Waals surface area contributed by atoms with Crippen LogP contribution in [0.15, 0.2) is 12.0 Å². The molecule has 0 aromatic carbocycles. The molecule has 0 amide bonds. The molecular formula is C4H7NO4. The third kappa shape index (κ3) is 1.32. The van der Waals surface area contributed by atoms with Gasteiger partial charge in [-0.2, -0.15) is 0 Å². The Morgan fingerprint density at radius 2 is 2.44 bits per heavy atom. The Labute approximate surface area is 51.6 Å². The van der Waals surface area contributed by atoms with E-state index >= 15 is 0 Å². The molecule has 1 aliphatic heterocycles. The topological polar surface area (TPSA) is 62.2 Å². The molecule has 0 fully saturated rings. The summed E-state index contributed by atoms with van der Waals surface area (Å²) in [6, 6.07) is 0. The molecule has 2 N–H and O–H groups in total.